The van der Waals surface area contributed by atoms with E-state index in [2.05, 4.69) is 21.6 Å². The van der Waals surface area contributed by atoms with Crippen molar-refractivity contribution in [2.24, 2.45) is 13.0 Å². The summed E-state index contributed by atoms with van der Waals surface area (Å²) < 4.78 is 5.03. The first-order valence-electron chi connectivity index (χ1n) is 6.85. The van der Waals surface area contributed by atoms with E-state index in [0.29, 0.717) is 0 Å². The van der Waals surface area contributed by atoms with Crippen LogP contribution in [0.5, 0.6) is 0 Å². The van der Waals surface area contributed by atoms with Crippen molar-refractivity contribution in [2.45, 2.75) is 45.6 Å². The van der Waals surface area contributed by atoms with Crippen molar-refractivity contribution in [1.29, 1.82) is 0 Å². The molecule has 3 rings (SSSR count). The Labute approximate surface area is 112 Å². The third-order valence-corrected chi connectivity index (χ3v) is 4.09. The fourth-order valence-electron chi connectivity index (χ4n) is 2.62. The van der Waals surface area contributed by atoms with Gasteiger partial charge in [0, 0.05) is 13.6 Å². The molecule has 2 aromatic heterocycles. The normalized spacial score (nSPS) is 15.7. The molecule has 1 N–H and O–H groups in total. The number of nitrogens with zero attached hydrogens (tertiary/aromatic N) is 3. The highest BCUT2D eigenvalue weighted by atomic mass is 32.1. The molecule has 0 amide bonds. The van der Waals surface area contributed by atoms with Crippen LogP contribution in [-0.2, 0) is 20.0 Å². The summed E-state index contributed by atoms with van der Waals surface area (Å²) in [6.45, 7) is 3.20. The SMILES string of the molecule is CCCc1nn(C)c2c1[nH]c(=S)n2CCC1CC1. The quantitative estimate of drug-likeness (QED) is 0.842. The molecule has 5 heteroatoms. The van der Waals surface area contributed by atoms with Crippen LogP contribution in [0.2, 0.25) is 0 Å². The van der Waals surface area contributed by atoms with Gasteiger partial charge >= 0.3 is 0 Å². The molecule has 0 aliphatic heterocycles. The lowest BCUT2D eigenvalue weighted by Gasteiger charge is -2.03. The maximum Gasteiger partial charge on any atom is 0.179 e. The zero-order chi connectivity index (χ0) is 12.7. The van der Waals surface area contributed by atoms with Crippen LogP contribution in [0.25, 0.3) is 11.2 Å². The molecule has 2 heterocycles. The molecule has 0 unspecified atom stereocenters. The average molecular weight is 264 g/mol. The summed E-state index contributed by atoms with van der Waals surface area (Å²) in [6.07, 6.45) is 6.16. The van der Waals surface area contributed by atoms with E-state index in [1.54, 1.807) is 0 Å². The first-order chi connectivity index (χ1) is 8.70. The van der Waals surface area contributed by atoms with Gasteiger partial charge in [-0.25, -0.2) is 0 Å². The lowest BCUT2D eigenvalue weighted by Crippen LogP contribution is -2.04. The number of nitrogens with one attached hydrogen (secondary N) is 1. The van der Waals surface area contributed by atoms with Crippen LogP contribution in [0.4, 0.5) is 0 Å². The molecule has 98 valence electrons. The molecule has 1 aliphatic rings. The van der Waals surface area contributed by atoms with E-state index >= 15 is 0 Å². The van der Waals surface area contributed by atoms with E-state index in [1.807, 2.05) is 11.7 Å². The minimum absolute atomic E-state index is 0.844. The molecule has 0 spiro atoms. The van der Waals surface area contributed by atoms with Crippen LogP contribution in [0.15, 0.2) is 0 Å². The molecule has 0 atom stereocenters. The van der Waals surface area contributed by atoms with Crippen molar-refractivity contribution < 1.29 is 0 Å². The molecule has 0 radical (unpaired) electrons. The van der Waals surface area contributed by atoms with Crippen molar-refractivity contribution in [1.82, 2.24) is 19.3 Å². The number of rotatable bonds is 5. The van der Waals surface area contributed by atoms with Gasteiger partial charge in [-0.05, 0) is 31.0 Å². The summed E-state index contributed by atoms with van der Waals surface area (Å²) >= 11 is 5.45. The Morgan fingerprint density at radius 1 is 1.44 bits per heavy atom. The standard InChI is InChI=1S/C13H20N4S/c1-3-4-10-11-12(16(2)15-10)17(13(18)14-11)8-7-9-5-6-9/h9H,3-8H2,1-2H3,(H,14,18). The second-order valence-corrected chi connectivity index (χ2v) is 5.72. The van der Waals surface area contributed by atoms with Gasteiger partial charge < -0.3 is 9.55 Å². The molecule has 0 saturated heterocycles. The zero-order valence-electron chi connectivity index (χ0n) is 11.1. The molecule has 4 nitrogen and oxygen atoms in total. The maximum atomic E-state index is 5.45. The first-order valence-corrected chi connectivity index (χ1v) is 7.26. The van der Waals surface area contributed by atoms with Crippen molar-refractivity contribution >= 4 is 23.4 Å². The highest BCUT2D eigenvalue weighted by Gasteiger charge is 2.22. The summed E-state index contributed by atoms with van der Waals surface area (Å²) in [5.74, 6) is 0.931. The second kappa shape index (κ2) is 4.53. The van der Waals surface area contributed by atoms with Gasteiger partial charge in [-0.1, -0.05) is 26.2 Å². The molecule has 1 saturated carbocycles. The fraction of sp³-hybridized carbons (Fsp3) is 0.692. The van der Waals surface area contributed by atoms with Gasteiger partial charge in [-0.15, -0.1) is 0 Å². The second-order valence-electron chi connectivity index (χ2n) is 5.33. The molecule has 2 aromatic rings. The summed E-state index contributed by atoms with van der Waals surface area (Å²) in [5, 5.41) is 4.60. The monoisotopic (exact) mass is 264 g/mol. The van der Waals surface area contributed by atoms with E-state index in [4.69, 9.17) is 12.2 Å². The lowest BCUT2D eigenvalue weighted by atomic mass is 10.2. The van der Waals surface area contributed by atoms with Crippen LogP contribution in [-0.4, -0.2) is 19.3 Å². The number of hydrogen-bond donors (Lipinski definition) is 1. The summed E-state index contributed by atoms with van der Waals surface area (Å²) in [6, 6.07) is 0. The molecule has 1 fully saturated rings. The predicted octanol–water partition coefficient (Wildman–Crippen LogP) is 3.18. The first kappa shape index (κ1) is 12.0. The Hall–Kier alpha value is -1.10. The molecular weight excluding hydrogens is 244 g/mol. The van der Waals surface area contributed by atoms with E-state index < -0.39 is 0 Å². The van der Waals surface area contributed by atoms with Gasteiger partial charge in [0.05, 0.1) is 5.69 Å². The van der Waals surface area contributed by atoms with Crippen LogP contribution >= 0.6 is 12.2 Å². The minimum Gasteiger partial charge on any atom is -0.328 e. The Balaban J connectivity index is 2.01. The van der Waals surface area contributed by atoms with Gasteiger partial charge in [0.15, 0.2) is 10.4 Å². The molecule has 18 heavy (non-hydrogen) atoms. The molecular formula is C13H20N4S. The Morgan fingerprint density at radius 3 is 2.89 bits per heavy atom. The number of aromatic amines is 1. The Kier molecular flexibility index (Phi) is 3.01. The summed E-state index contributed by atoms with van der Waals surface area (Å²) in [4.78, 5) is 3.34. The molecule has 1 aliphatic carbocycles. The topological polar surface area (TPSA) is 38.5 Å². The van der Waals surface area contributed by atoms with Gasteiger partial charge in [-0.2, -0.15) is 5.10 Å². The molecule has 0 aromatic carbocycles. The van der Waals surface area contributed by atoms with Crippen LogP contribution in [0.3, 0.4) is 0 Å². The van der Waals surface area contributed by atoms with Crippen LogP contribution in [0, 0.1) is 10.7 Å². The van der Waals surface area contributed by atoms with Crippen LogP contribution in [0.1, 0.15) is 38.3 Å². The highest BCUT2D eigenvalue weighted by Crippen LogP contribution is 2.33. The highest BCUT2D eigenvalue weighted by molar-refractivity contribution is 7.71. The van der Waals surface area contributed by atoms with E-state index in [1.165, 1.54) is 19.3 Å². The smallest absolute Gasteiger partial charge is 0.179 e. The fourth-order valence-corrected chi connectivity index (χ4v) is 2.89. The third-order valence-electron chi connectivity index (χ3n) is 3.77. The van der Waals surface area contributed by atoms with Gasteiger partial charge in [-0.3, -0.25) is 4.68 Å². The number of hydrogen-bond acceptors (Lipinski definition) is 2. The lowest BCUT2D eigenvalue weighted by molar-refractivity contribution is 0.587. The van der Waals surface area contributed by atoms with E-state index in [9.17, 15) is 0 Å². The van der Waals surface area contributed by atoms with E-state index in [0.717, 1.165) is 46.9 Å². The van der Waals surface area contributed by atoms with Crippen molar-refractivity contribution in [3.8, 4) is 0 Å². The minimum atomic E-state index is 0.844. The number of H-pyrrole nitrogens is 1. The number of aromatic nitrogens is 4. The van der Waals surface area contributed by atoms with Gasteiger partial charge in [0.25, 0.3) is 0 Å². The van der Waals surface area contributed by atoms with Crippen molar-refractivity contribution in [3.05, 3.63) is 10.5 Å². The van der Waals surface area contributed by atoms with Gasteiger partial charge in [0.2, 0.25) is 0 Å². The van der Waals surface area contributed by atoms with Gasteiger partial charge in [0.1, 0.15) is 5.52 Å². The van der Waals surface area contributed by atoms with Crippen molar-refractivity contribution in [2.75, 3.05) is 0 Å². The number of imidazole rings is 1. The number of aryl methyl sites for hydroxylation is 3. The number of fused-ring (bicyclic) bond motifs is 1. The predicted molar refractivity (Wildman–Crippen MR) is 75.2 cm³/mol. The van der Waals surface area contributed by atoms with E-state index in [-0.39, 0.29) is 0 Å². The van der Waals surface area contributed by atoms with Crippen molar-refractivity contribution in [3.63, 3.8) is 0 Å². The molecule has 0 bridgehead atoms. The average Bonchev–Trinajstić information content (AvgIpc) is 3.03. The summed E-state index contributed by atoms with van der Waals surface area (Å²) in [7, 11) is 2.01. The third kappa shape index (κ3) is 2.00. The van der Waals surface area contributed by atoms with Crippen LogP contribution < -0.4 is 0 Å². The zero-order valence-corrected chi connectivity index (χ0v) is 11.9. The maximum absolute atomic E-state index is 5.45. The Bertz CT molecular complexity index is 615. The summed E-state index contributed by atoms with van der Waals surface area (Å²) in [5.41, 5.74) is 3.44. The largest absolute Gasteiger partial charge is 0.328 e. The Morgan fingerprint density at radius 2 is 2.22 bits per heavy atom.